The Morgan fingerprint density at radius 3 is 2.52 bits per heavy atom. The Labute approximate surface area is 160 Å². The molecule has 0 saturated carbocycles. The number of rotatable bonds is 8. The van der Waals surface area contributed by atoms with Crippen LogP contribution in [0.4, 0.5) is 0 Å². The molecular formula is C18H19BrClNO4. The zero-order valence-corrected chi connectivity index (χ0v) is 16.3. The van der Waals surface area contributed by atoms with E-state index in [-0.39, 0.29) is 12.3 Å². The Kier molecular flexibility index (Phi) is 7.40. The van der Waals surface area contributed by atoms with E-state index in [2.05, 4.69) is 21.2 Å². The zero-order valence-electron chi connectivity index (χ0n) is 14.0. The molecule has 0 unspecified atom stereocenters. The van der Waals surface area contributed by atoms with Crippen LogP contribution in [0.3, 0.4) is 0 Å². The highest BCUT2D eigenvalue weighted by molar-refractivity contribution is 9.10. The van der Waals surface area contributed by atoms with Crippen molar-refractivity contribution in [3.63, 3.8) is 0 Å². The van der Waals surface area contributed by atoms with Gasteiger partial charge in [0.1, 0.15) is 5.75 Å². The third-order valence-corrected chi connectivity index (χ3v) is 4.24. The molecule has 0 aliphatic carbocycles. The summed E-state index contributed by atoms with van der Waals surface area (Å²) in [6.45, 7) is 0.682. The number of halogens is 2. The Balaban J connectivity index is 1.81. The number of nitrogens with one attached hydrogen (secondary N) is 1. The van der Waals surface area contributed by atoms with Gasteiger partial charge < -0.3 is 19.5 Å². The summed E-state index contributed by atoms with van der Waals surface area (Å²) in [5, 5.41) is 3.50. The predicted octanol–water partition coefficient (Wildman–Crippen LogP) is 4.21. The van der Waals surface area contributed by atoms with Crippen LogP contribution in [0.25, 0.3) is 0 Å². The van der Waals surface area contributed by atoms with Crippen molar-refractivity contribution in [1.29, 1.82) is 0 Å². The fourth-order valence-corrected chi connectivity index (χ4v) is 2.93. The van der Waals surface area contributed by atoms with Crippen LogP contribution < -0.4 is 19.5 Å². The van der Waals surface area contributed by atoms with Crippen LogP contribution in [0.2, 0.25) is 5.02 Å². The van der Waals surface area contributed by atoms with Gasteiger partial charge in [0.15, 0.2) is 11.5 Å². The summed E-state index contributed by atoms with van der Waals surface area (Å²) in [7, 11) is 3.14. The average Bonchev–Trinajstić information content (AvgIpc) is 2.61. The fourth-order valence-electron chi connectivity index (χ4n) is 2.15. The smallest absolute Gasteiger partial charge is 0.223 e. The van der Waals surface area contributed by atoms with Crippen LogP contribution in [-0.4, -0.2) is 26.7 Å². The third-order valence-electron chi connectivity index (χ3n) is 3.39. The van der Waals surface area contributed by atoms with Crippen molar-refractivity contribution in [3.8, 4) is 17.2 Å². The molecule has 134 valence electrons. The van der Waals surface area contributed by atoms with Gasteiger partial charge in [0.2, 0.25) is 5.91 Å². The maximum Gasteiger partial charge on any atom is 0.223 e. The molecule has 0 saturated heterocycles. The second kappa shape index (κ2) is 9.53. The molecule has 0 aliphatic heterocycles. The first-order valence-corrected chi connectivity index (χ1v) is 8.76. The summed E-state index contributed by atoms with van der Waals surface area (Å²) in [5.41, 5.74) is 0.900. The van der Waals surface area contributed by atoms with E-state index in [1.54, 1.807) is 38.5 Å². The monoisotopic (exact) mass is 427 g/mol. The maximum atomic E-state index is 11.9. The molecule has 2 aromatic rings. The summed E-state index contributed by atoms with van der Waals surface area (Å²) in [4.78, 5) is 11.9. The Hall–Kier alpha value is -1.92. The van der Waals surface area contributed by atoms with E-state index < -0.39 is 0 Å². The van der Waals surface area contributed by atoms with Gasteiger partial charge in [-0.2, -0.15) is 0 Å². The van der Waals surface area contributed by atoms with Crippen LogP contribution in [0.1, 0.15) is 12.0 Å². The highest BCUT2D eigenvalue weighted by atomic mass is 79.9. The summed E-state index contributed by atoms with van der Waals surface area (Å²) >= 11 is 9.24. The number of carbonyl (C=O) groups is 1. The van der Waals surface area contributed by atoms with Crippen molar-refractivity contribution in [2.75, 3.05) is 20.8 Å². The van der Waals surface area contributed by atoms with E-state index in [0.717, 1.165) is 10.0 Å². The molecule has 1 N–H and O–H groups in total. The van der Waals surface area contributed by atoms with Crippen molar-refractivity contribution in [3.05, 3.63) is 51.5 Å². The van der Waals surface area contributed by atoms with Gasteiger partial charge in [0, 0.05) is 11.6 Å². The number of benzene rings is 2. The molecule has 0 aliphatic rings. The first-order valence-electron chi connectivity index (χ1n) is 7.59. The van der Waals surface area contributed by atoms with Gasteiger partial charge in [0.05, 0.1) is 31.7 Å². The van der Waals surface area contributed by atoms with Gasteiger partial charge in [-0.3, -0.25) is 4.79 Å². The standard InChI is InChI=1S/C18H19BrClNO4/c1-23-16-10-12(9-15(19)18(16)24-2)11-21-17(22)7-8-25-14-5-3-13(20)4-6-14/h3-6,9-10H,7-8,11H2,1-2H3,(H,21,22). The SMILES string of the molecule is COc1cc(CNC(=O)CCOc2ccc(Cl)cc2)cc(Br)c1OC. The lowest BCUT2D eigenvalue weighted by Crippen LogP contribution is -2.24. The Bertz CT molecular complexity index is 722. The van der Waals surface area contributed by atoms with Crippen molar-refractivity contribution in [1.82, 2.24) is 5.32 Å². The number of amides is 1. The van der Waals surface area contributed by atoms with Crippen LogP contribution in [-0.2, 0) is 11.3 Å². The first-order chi connectivity index (χ1) is 12.0. The van der Waals surface area contributed by atoms with Crippen LogP contribution in [0.15, 0.2) is 40.9 Å². The molecule has 0 bridgehead atoms. The highest BCUT2D eigenvalue weighted by Gasteiger charge is 2.11. The molecule has 0 atom stereocenters. The number of methoxy groups -OCH3 is 2. The van der Waals surface area contributed by atoms with Crippen molar-refractivity contribution in [2.45, 2.75) is 13.0 Å². The summed E-state index contributed by atoms with van der Waals surface area (Å²) in [6.07, 6.45) is 0.261. The van der Waals surface area contributed by atoms with Crippen molar-refractivity contribution >= 4 is 33.4 Å². The molecule has 0 fully saturated rings. The minimum atomic E-state index is -0.0973. The van der Waals surface area contributed by atoms with Gasteiger partial charge in [-0.15, -0.1) is 0 Å². The lowest BCUT2D eigenvalue weighted by molar-refractivity contribution is -0.121. The number of hydrogen-bond acceptors (Lipinski definition) is 4. The van der Waals surface area contributed by atoms with Crippen molar-refractivity contribution < 1.29 is 19.0 Å². The quantitative estimate of drug-likeness (QED) is 0.684. The number of hydrogen-bond donors (Lipinski definition) is 1. The van der Waals surface area contributed by atoms with E-state index in [9.17, 15) is 4.79 Å². The maximum absolute atomic E-state index is 11.9. The number of carbonyl (C=O) groups excluding carboxylic acids is 1. The number of ether oxygens (including phenoxy) is 3. The van der Waals surface area contributed by atoms with Gasteiger partial charge in [-0.25, -0.2) is 0 Å². The van der Waals surface area contributed by atoms with Gasteiger partial charge in [-0.1, -0.05) is 11.6 Å². The predicted molar refractivity (Wildman–Crippen MR) is 101 cm³/mol. The molecule has 0 heterocycles. The van der Waals surface area contributed by atoms with Gasteiger partial charge >= 0.3 is 0 Å². The minimum absolute atomic E-state index is 0.0973. The van der Waals surface area contributed by atoms with Crippen LogP contribution in [0, 0.1) is 0 Å². The molecular weight excluding hydrogens is 410 g/mol. The second-order valence-corrected chi connectivity index (χ2v) is 6.43. The zero-order chi connectivity index (χ0) is 18.2. The summed E-state index contributed by atoms with van der Waals surface area (Å²) < 4.78 is 16.8. The molecule has 2 rings (SSSR count). The van der Waals surface area contributed by atoms with Crippen LogP contribution >= 0.6 is 27.5 Å². The normalized spacial score (nSPS) is 10.2. The van der Waals surface area contributed by atoms with Gasteiger partial charge in [0.25, 0.3) is 0 Å². The Morgan fingerprint density at radius 2 is 1.88 bits per heavy atom. The average molecular weight is 429 g/mol. The van der Waals surface area contributed by atoms with E-state index in [4.69, 9.17) is 25.8 Å². The third kappa shape index (κ3) is 5.83. The minimum Gasteiger partial charge on any atom is -0.493 e. The summed E-state index contributed by atoms with van der Waals surface area (Å²) in [6, 6.07) is 10.7. The second-order valence-electron chi connectivity index (χ2n) is 5.14. The van der Waals surface area contributed by atoms with E-state index in [0.29, 0.717) is 35.4 Å². The van der Waals surface area contributed by atoms with Gasteiger partial charge in [-0.05, 0) is 57.9 Å². The lowest BCUT2D eigenvalue weighted by atomic mass is 10.2. The van der Waals surface area contributed by atoms with E-state index >= 15 is 0 Å². The molecule has 25 heavy (non-hydrogen) atoms. The topological polar surface area (TPSA) is 56.8 Å². The molecule has 0 radical (unpaired) electrons. The largest absolute Gasteiger partial charge is 0.493 e. The molecule has 0 aromatic heterocycles. The first kappa shape index (κ1) is 19.4. The van der Waals surface area contributed by atoms with Crippen LogP contribution in [0.5, 0.6) is 17.2 Å². The lowest BCUT2D eigenvalue weighted by Gasteiger charge is -2.12. The summed E-state index contributed by atoms with van der Waals surface area (Å²) in [5.74, 6) is 1.81. The molecule has 1 amide bonds. The van der Waals surface area contributed by atoms with E-state index in [1.807, 2.05) is 12.1 Å². The molecule has 5 nitrogen and oxygen atoms in total. The molecule has 7 heteroatoms. The van der Waals surface area contributed by atoms with E-state index in [1.165, 1.54) is 0 Å². The fraction of sp³-hybridized carbons (Fsp3) is 0.278. The van der Waals surface area contributed by atoms with Crippen molar-refractivity contribution in [2.24, 2.45) is 0 Å². The molecule has 2 aromatic carbocycles. The highest BCUT2D eigenvalue weighted by Crippen LogP contribution is 2.36. The molecule has 0 spiro atoms. The Morgan fingerprint density at radius 1 is 1.16 bits per heavy atom.